The molecule has 7 heteroatoms. The number of benzene rings is 3. The van der Waals surface area contributed by atoms with E-state index in [1.165, 1.54) is 12.1 Å². The van der Waals surface area contributed by atoms with Crippen molar-refractivity contribution in [2.45, 2.75) is 4.90 Å². The van der Waals surface area contributed by atoms with Crippen LogP contribution in [0.2, 0.25) is 0 Å². The van der Waals surface area contributed by atoms with E-state index in [0.717, 1.165) is 12.0 Å². The monoisotopic (exact) mass is 397 g/mol. The van der Waals surface area contributed by atoms with Gasteiger partial charge in [-0.2, -0.15) is 0 Å². The molecule has 144 valence electrons. The van der Waals surface area contributed by atoms with Crippen molar-refractivity contribution < 1.29 is 22.7 Å². The third kappa shape index (κ3) is 5.34. The molecule has 3 aromatic carbocycles. The zero-order chi connectivity index (χ0) is 20.0. The van der Waals surface area contributed by atoms with E-state index in [2.05, 4.69) is 5.32 Å². The minimum Gasteiger partial charge on any atom is -0.484 e. The molecule has 0 unspecified atom stereocenters. The van der Waals surface area contributed by atoms with Crippen molar-refractivity contribution in [1.29, 1.82) is 0 Å². The molecule has 0 aromatic heterocycles. The molecule has 0 aliphatic heterocycles. The third-order valence-corrected chi connectivity index (χ3v) is 4.89. The Hall–Kier alpha value is -3.32. The van der Waals surface area contributed by atoms with E-state index < -0.39 is 15.7 Å². The van der Waals surface area contributed by atoms with E-state index in [1.807, 2.05) is 30.3 Å². The maximum atomic E-state index is 12.1. The van der Waals surface area contributed by atoms with E-state index in [-0.39, 0.29) is 17.2 Å². The largest absolute Gasteiger partial charge is 0.484 e. The summed E-state index contributed by atoms with van der Waals surface area (Å²) >= 11 is 0. The lowest BCUT2D eigenvalue weighted by Gasteiger charge is -2.11. The molecule has 0 saturated carbocycles. The van der Waals surface area contributed by atoms with E-state index in [9.17, 15) is 13.2 Å². The van der Waals surface area contributed by atoms with Gasteiger partial charge in [0.1, 0.15) is 17.2 Å². The summed E-state index contributed by atoms with van der Waals surface area (Å²) < 4.78 is 34.7. The zero-order valence-corrected chi connectivity index (χ0v) is 16.0. The van der Waals surface area contributed by atoms with Gasteiger partial charge in [0, 0.05) is 6.26 Å². The lowest BCUT2D eigenvalue weighted by Crippen LogP contribution is -2.21. The molecular formula is C21H19NO5S. The third-order valence-electron chi connectivity index (χ3n) is 3.73. The summed E-state index contributed by atoms with van der Waals surface area (Å²) in [7, 11) is -3.45. The lowest BCUT2D eigenvalue weighted by atomic mass is 10.3. The molecule has 0 aliphatic rings. The second-order valence-corrected chi connectivity index (χ2v) is 7.98. The summed E-state index contributed by atoms with van der Waals surface area (Å²) in [4.78, 5) is 12.2. The molecule has 1 N–H and O–H groups in total. The van der Waals surface area contributed by atoms with Gasteiger partial charge in [0.25, 0.3) is 5.91 Å². The number of carbonyl (C=O) groups excluding carboxylic acids is 1. The average molecular weight is 397 g/mol. The van der Waals surface area contributed by atoms with Crippen molar-refractivity contribution in [3.63, 3.8) is 0 Å². The van der Waals surface area contributed by atoms with Gasteiger partial charge < -0.3 is 14.8 Å². The molecule has 6 nitrogen and oxygen atoms in total. The Balaban J connectivity index is 1.57. The Morgan fingerprint density at radius 3 is 2.07 bits per heavy atom. The van der Waals surface area contributed by atoms with E-state index in [0.29, 0.717) is 11.5 Å². The van der Waals surface area contributed by atoms with Gasteiger partial charge in [0.2, 0.25) is 0 Å². The number of amides is 1. The van der Waals surface area contributed by atoms with Crippen LogP contribution >= 0.6 is 0 Å². The fraction of sp³-hybridized carbons (Fsp3) is 0.0952. The summed E-state index contributed by atoms with van der Waals surface area (Å²) in [5.74, 6) is 1.40. The van der Waals surface area contributed by atoms with Crippen molar-refractivity contribution in [3.05, 3.63) is 78.9 Å². The highest BCUT2D eigenvalue weighted by atomic mass is 32.2. The van der Waals surface area contributed by atoms with Gasteiger partial charge in [-0.15, -0.1) is 0 Å². The molecule has 1 amide bonds. The molecule has 3 aromatic rings. The maximum Gasteiger partial charge on any atom is 0.262 e. The Labute approximate surface area is 163 Å². The molecule has 0 saturated heterocycles. The standard InChI is InChI=1S/C21H19NO5S/c1-28(24,25)20-10-6-5-9-19(20)22-21(23)15-26-16-11-13-18(14-12-16)27-17-7-3-2-4-8-17/h2-14H,15H2,1H3,(H,22,23). The van der Waals surface area contributed by atoms with Crippen molar-refractivity contribution in [1.82, 2.24) is 0 Å². The van der Waals surface area contributed by atoms with Crippen LogP contribution in [0.15, 0.2) is 83.8 Å². The summed E-state index contributed by atoms with van der Waals surface area (Å²) in [6.07, 6.45) is 1.09. The number of hydrogen-bond acceptors (Lipinski definition) is 5. The second kappa shape index (κ2) is 8.58. The molecule has 0 radical (unpaired) electrons. The second-order valence-electron chi connectivity index (χ2n) is 5.99. The van der Waals surface area contributed by atoms with Gasteiger partial charge in [-0.1, -0.05) is 30.3 Å². The quantitative estimate of drug-likeness (QED) is 0.654. The first-order chi connectivity index (χ1) is 13.4. The van der Waals surface area contributed by atoms with Crippen LogP contribution in [0.1, 0.15) is 0 Å². The first-order valence-electron chi connectivity index (χ1n) is 8.46. The topological polar surface area (TPSA) is 81.7 Å². The smallest absolute Gasteiger partial charge is 0.262 e. The minimum absolute atomic E-state index is 0.0609. The van der Waals surface area contributed by atoms with Crippen molar-refractivity contribution in [2.75, 3.05) is 18.2 Å². The highest BCUT2D eigenvalue weighted by Gasteiger charge is 2.14. The van der Waals surface area contributed by atoms with Crippen molar-refractivity contribution in [3.8, 4) is 17.2 Å². The number of para-hydroxylation sites is 2. The number of nitrogens with one attached hydrogen (secondary N) is 1. The Morgan fingerprint density at radius 2 is 1.39 bits per heavy atom. The fourth-order valence-corrected chi connectivity index (χ4v) is 3.30. The van der Waals surface area contributed by atoms with Crippen LogP contribution in [0.25, 0.3) is 0 Å². The van der Waals surface area contributed by atoms with E-state index >= 15 is 0 Å². The van der Waals surface area contributed by atoms with Crippen LogP contribution < -0.4 is 14.8 Å². The van der Waals surface area contributed by atoms with Crippen LogP contribution in [-0.2, 0) is 14.6 Å². The number of ether oxygens (including phenoxy) is 2. The van der Waals surface area contributed by atoms with Crippen LogP contribution in [0.5, 0.6) is 17.2 Å². The molecule has 0 atom stereocenters. The average Bonchev–Trinajstić information content (AvgIpc) is 2.68. The molecule has 0 heterocycles. The molecular weight excluding hydrogens is 378 g/mol. The SMILES string of the molecule is CS(=O)(=O)c1ccccc1NC(=O)COc1ccc(Oc2ccccc2)cc1. The summed E-state index contributed by atoms with van der Waals surface area (Å²) in [5.41, 5.74) is 0.227. The Morgan fingerprint density at radius 1 is 0.821 bits per heavy atom. The number of carbonyl (C=O) groups is 1. The van der Waals surface area contributed by atoms with E-state index in [4.69, 9.17) is 9.47 Å². The molecule has 28 heavy (non-hydrogen) atoms. The van der Waals surface area contributed by atoms with Crippen molar-refractivity contribution in [2.24, 2.45) is 0 Å². The molecule has 0 aliphatic carbocycles. The highest BCUT2D eigenvalue weighted by molar-refractivity contribution is 7.90. The lowest BCUT2D eigenvalue weighted by molar-refractivity contribution is -0.118. The zero-order valence-electron chi connectivity index (χ0n) is 15.2. The van der Waals surface area contributed by atoms with Crippen LogP contribution in [0.3, 0.4) is 0 Å². The molecule has 0 fully saturated rings. The first kappa shape index (κ1) is 19.4. The number of sulfone groups is 1. The summed E-state index contributed by atoms with van der Waals surface area (Å²) in [5, 5.41) is 2.56. The number of rotatable bonds is 7. The first-order valence-corrected chi connectivity index (χ1v) is 10.4. The van der Waals surface area contributed by atoms with Gasteiger partial charge in [-0.05, 0) is 48.5 Å². The van der Waals surface area contributed by atoms with Gasteiger partial charge in [0.15, 0.2) is 16.4 Å². The highest BCUT2D eigenvalue weighted by Crippen LogP contribution is 2.24. The predicted octanol–water partition coefficient (Wildman–Crippen LogP) is 3.90. The predicted molar refractivity (Wildman–Crippen MR) is 107 cm³/mol. The van der Waals surface area contributed by atoms with Crippen LogP contribution in [-0.4, -0.2) is 27.2 Å². The van der Waals surface area contributed by atoms with E-state index in [1.54, 1.807) is 36.4 Å². The Bertz CT molecular complexity index is 1050. The number of anilines is 1. The minimum atomic E-state index is -3.45. The van der Waals surface area contributed by atoms with Gasteiger partial charge in [-0.25, -0.2) is 8.42 Å². The summed E-state index contributed by atoms with van der Waals surface area (Å²) in [6.45, 7) is -0.253. The van der Waals surface area contributed by atoms with Gasteiger partial charge in [-0.3, -0.25) is 4.79 Å². The summed E-state index contributed by atoms with van der Waals surface area (Å²) in [6, 6.07) is 22.4. The van der Waals surface area contributed by atoms with Crippen LogP contribution in [0, 0.1) is 0 Å². The van der Waals surface area contributed by atoms with Crippen LogP contribution in [0.4, 0.5) is 5.69 Å². The van der Waals surface area contributed by atoms with Gasteiger partial charge >= 0.3 is 0 Å². The molecule has 3 rings (SSSR count). The number of hydrogen-bond donors (Lipinski definition) is 1. The fourth-order valence-electron chi connectivity index (χ4n) is 2.46. The molecule has 0 bridgehead atoms. The Kier molecular flexibility index (Phi) is 5.96. The van der Waals surface area contributed by atoms with Crippen molar-refractivity contribution >= 4 is 21.4 Å². The van der Waals surface area contributed by atoms with Gasteiger partial charge in [0.05, 0.1) is 10.6 Å². The maximum absolute atomic E-state index is 12.1. The normalized spacial score (nSPS) is 10.9. The molecule has 0 spiro atoms.